The van der Waals surface area contributed by atoms with Crippen molar-refractivity contribution >= 4 is 50.6 Å². The summed E-state index contributed by atoms with van der Waals surface area (Å²) < 4.78 is 6.60. The molecule has 7 nitrogen and oxygen atoms in total. The van der Waals surface area contributed by atoms with Gasteiger partial charge in [-0.05, 0) is 66.6 Å². The second-order valence-corrected chi connectivity index (χ2v) is 9.12. The summed E-state index contributed by atoms with van der Waals surface area (Å²) in [6.45, 7) is 3.83. The van der Waals surface area contributed by atoms with E-state index in [2.05, 4.69) is 15.9 Å². The largest absolute Gasteiger partial charge is 0.456 e. The second-order valence-electron chi connectivity index (χ2n) is 7.27. The first-order chi connectivity index (χ1) is 15.2. The topological polar surface area (TPSA) is 93.7 Å². The standard InChI is InChI=1S/C23H17BrN2O5S/c1-13-9-17(19(26(29)30)10-14(13)2)20-8-7-16(31-20)11-21-22(27)25(23(28)32-21)12-15-5-3-4-6-18(15)24/h3-11H,12H2,1-2H3/b21-11-. The maximum Gasteiger partial charge on any atom is 0.293 e. The fourth-order valence-corrected chi connectivity index (χ4v) is 4.52. The Hall–Kier alpha value is -3.17. The van der Waals surface area contributed by atoms with Crippen molar-refractivity contribution in [3.8, 4) is 11.3 Å². The van der Waals surface area contributed by atoms with E-state index in [0.29, 0.717) is 17.1 Å². The molecule has 0 bridgehead atoms. The van der Waals surface area contributed by atoms with Crippen molar-refractivity contribution < 1.29 is 18.9 Å². The molecule has 3 aromatic rings. The zero-order valence-corrected chi connectivity index (χ0v) is 19.5. The van der Waals surface area contributed by atoms with Gasteiger partial charge in [0.25, 0.3) is 16.8 Å². The lowest BCUT2D eigenvalue weighted by atomic mass is 10.0. The van der Waals surface area contributed by atoms with E-state index in [1.54, 1.807) is 18.2 Å². The first-order valence-corrected chi connectivity index (χ1v) is 11.2. The van der Waals surface area contributed by atoms with Crippen molar-refractivity contribution in [2.75, 3.05) is 0 Å². The van der Waals surface area contributed by atoms with E-state index in [1.807, 2.05) is 38.1 Å². The molecule has 1 saturated heterocycles. The van der Waals surface area contributed by atoms with E-state index in [1.165, 1.54) is 17.0 Å². The van der Waals surface area contributed by atoms with Crippen LogP contribution in [0.2, 0.25) is 0 Å². The lowest BCUT2D eigenvalue weighted by Gasteiger charge is -2.13. The van der Waals surface area contributed by atoms with Crippen molar-refractivity contribution in [2.45, 2.75) is 20.4 Å². The van der Waals surface area contributed by atoms with E-state index in [0.717, 1.165) is 32.9 Å². The minimum Gasteiger partial charge on any atom is -0.456 e. The SMILES string of the molecule is Cc1cc(-c2ccc(/C=C3\SC(=O)N(Cc4ccccc4Br)C3=O)o2)c([N+](=O)[O-])cc1C. The highest BCUT2D eigenvalue weighted by atomic mass is 79.9. The summed E-state index contributed by atoms with van der Waals surface area (Å²) >= 11 is 4.26. The third-order valence-electron chi connectivity index (χ3n) is 5.13. The number of nitro groups is 1. The lowest BCUT2D eigenvalue weighted by molar-refractivity contribution is -0.384. The highest BCUT2D eigenvalue weighted by Crippen LogP contribution is 2.37. The molecule has 0 radical (unpaired) electrons. The van der Waals surface area contributed by atoms with Crippen LogP contribution in [0.15, 0.2) is 62.3 Å². The Morgan fingerprint density at radius 3 is 2.56 bits per heavy atom. The molecule has 1 aromatic heterocycles. The molecule has 9 heteroatoms. The number of hydrogen-bond acceptors (Lipinski definition) is 6. The molecule has 1 aliphatic heterocycles. The molecule has 0 N–H and O–H groups in total. The molecule has 2 heterocycles. The highest BCUT2D eigenvalue weighted by molar-refractivity contribution is 9.10. The first kappa shape index (κ1) is 22.0. The maximum absolute atomic E-state index is 12.8. The fourth-order valence-electron chi connectivity index (χ4n) is 3.29. The van der Waals surface area contributed by atoms with Gasteiger partial charge in [-0.2, -0.15) is 0 Å². The number of hydrogen-bond donors (Lipinski definition) is 0. The van der Waals surface area contributed by atoms with Gasteiger partial charge in [0.2, 0.25) is 0 Å². The number of aryl methyl sites for hydroxylation is 2. The van der Waals surface area contributed by atoms with Crippen molar-refractivity contribution in [2.24, 2.45) is 0 Å². The van der Waals surface area contributed by atoms with E-state index in [-0.39, 0.29) is 22.4 Å². The van der Waals surface area contributed by atoms with Crippen LogP contribution in [-0.2, 0) is 11.3 Å². The number of thioether (sulfide) groups is 1. The van der Waals surface area contributed by atoms with Gasteiger partial charge in [0, 0.05) is 16.6 Å². The zero-order chi connectivity index (χ0) is 23.0. The molecule has 162 valence electrons. The molecule has 0 unspecified atom stereocenters. The van der Waals surface area contributed by atoms with Crippen LogP contribution < -0.4 is 0 Å². The molecule has 4 rings (SSSR count). The average molecular weight is 513 g/mol. The van der Waals surface area contributed by atoms with E-state index < -0.39 is 10.8 Å². The van der Waals surface area contributed by atoms with Crippen LogP contribution in [0.25, 0.3) is 17.4 Å². The number of rotatable bonds is 5. The van der Waals surface area contributed by atoms with E-state index >= 15 is 0 Å². The average Bonchev–Trinajstić information content (AvgIpc) is 3.31. The van der Waals surface area contributed by atoms with Gasteiger partial charge in [-0.1, -0.05) is 34.1 Å². The van der Waals surface area contributed by atoms with Crippen molar-refractivity contribution in [3.63, 3.8) is 0 Å². The Morgan fingerprint density at radius 1 is 1.12 bits per heavy atom. The molecular formula is C23H17BrN2O5S. The number of benzene rings is 2. The summed E-state index contributed by atoms with van der Waals surface area (Å²) in [6, 6.07) is 13.8. The molecule has 2 amide bonds. The van der Waals surface area contributed by atoms with Crippen LogP contribution in [0, 0.1) is 24.0 Å². The fraction of sp³-hybridized carbons (Fsp3) is 0.130. The number of carbonyl (C=O) groups excluding carboxylic acids is 2. The normalized spacial score (nSPS) is 15.1. The Balaban J connectivity index is 1.61. The van der Waals surface area contributed by atoms with Gasteiger partial charge in [-0.15, -0.1) is 0 Å². The van der Waals surface area contributed by atoms with Crippen LogP contribution in [0.3, 0.4) is 0 Å². The molecule has 0 saturated carbocycles. The summed E-state index contributed by atoms with van der Waals surface area (Å²) in [5, 5.41) is 11.1. The number of halogens is 1. The van der Waals surface area contributed by atoms with Crippen molar-refractivity contribution in [1.82, 2.24) is 4.90 Å². The van der Waals surface area contributed by atoms with E-state index in [9.17, 15) is 19.7 Å². The Morgan fingerprint density at radius 2 is 1.84 bits per heavy atom. The van der Waals surface area contributed by atoms with Gasteiger partial charge >= 0.3 is 0 Å². The second kappa shape index (κ2) is 8.76. The summed E-state index contributed by atoms with van der Waals surface area (Å²) in [5.74, 6) is 0.239. The minimum absolute atomic E-state index is 0.0530. The molecule has 0 aliphatic carbocycles. The number of amides is 2. The number of imide groups is 1. The molecule has 2 aromatic carbocycles. The quantitative estimate of drug-likeness (QED) is 0.221. The van der Waals surface area contributed by atoms with Crippen LogP contribution in [0.5, 0.6) is 0 Å². The molecule has 1 aliphatic rings. The number of carbonyl (C=O) groups is 2. The van der Waals surface area contributed by atoms with Crippen LogP contribution in [0.1, 0.15) is 22.5 Å². The van der Waals surface area contributed by atoms with Gasteiger partial charge < -0.3 is 4.42 Å². The molecular weight excluding hydrogens is 496 g/mol. The molecule has 0 spiro atoms. The Kier molecular flexibility index (Phi) is 6.03. The lowest BCUT2D eigenvalue weighted by Crippen LogP contribution is -2.27. The zero-order valence-electron chi connectivity index (χ0n) is 17.1. The van der Waals surface area contributed by atoms with Gasteiger partial charge in [0.05, 0.1) is 21.9 Å². The van der Waals surface area contributed by atoms with Crippen molar-refractivity contribution in [3.05, 3.63) is 90.5 Å². The Bertz CT molecular complexity index is 1300. The summed E-state index contributed by atoms with van der Waals surface area (Å²) in [5.41, 5.74) is 2.84. The predicted molar refractivity (Wildman–Crippen MR) is 126 cm³/mol. The van der Waals surface area contributed by atoms with Gasteiger partial charge in [0.1, 0.15) is 11.5 Å². The van der Waals surface area contributed by atoms with Crippen LogP contribution in [0.4, 0.5) is 10.5 Å². The number of furan rings is 1. The molecule has 32 heavy (non-hydrogen) atoms. The first-order valence-electron chi connectivity index (χ1n) is 9.59. The minimum atomic E-state index is -0.447. The van der Waals surface area contributed by atoms with Gasteiger partial charge in [0.15, 0.2) is 0 Å². The van der Waals surface area contributed by atoms with Crippen LogP contribution in [-0.4, -0.2) is 21.0 Å². The Labute approximate surface area is 196 Å². The summed E-state index contributed by atoms with van der Waals surface area (Å²) in [7, 11) is 0. The van der Waals surface area contributed by atoms with Crippen LogP contribution >= 0.6 is 27.7 Å². The van der Waals surface area contributed by atoms with Gasteiger partial charge in [-0.3, -0.25) is 24.6 Å². The van der Waals surface area contributed by atoms with Crippen molar-refractivity contribution in [1.29, 1.82) is 0 Å². The smallest absolute Gasteiger partial charge is 0.293 e. The number of nitro benzene ring substituents is 1. The summed E-state index contributed by atoms with van der Waals surface area (Å²) in [4.78, 5) is 37.7. The highest BCUT2D eigenvalue weighted by Gasteiger charge is 2.35. The van der Waals surface area contributed by atoms with Gasteiger partial charge in [-0.25, -0.2) is 0 Å². The third kappa shape index (κ3) is 4.26. The van der Waals surface area contributed by atoms with E-state index in [4.69, 9.17) is 4.42 Å². The number of nitrogens with zero attached hydrogens (tertiary/aromatic N) is 2. The molecule has 1 fully saturated rings. The molecule has 0 atom stereocenters. The predicted octanol–water partition coefficient (Wildman–Crippen LogP) is 6.47. The summed E-state index contributed by atoms with van der Waals surface area (Å²) in [6.07, 6.45) is 1.49. The monoisotopic (exact) mass is 512 g/mol. The third-order valence-corrected chi connectivity index (χ3v) is 6.82. The maximum atomic E-state index is 12.8.